The number of nitrogens with zero attached hydrogens (tertiary/aromatic N) is 3. The fourth-order valence-electron chi connectivity index (χ4n) is 0.613. The zero-order valence-corrected chi connectivity index (χ0v) is 11.3. The molecule has 0 amide bonds. The number of thiocyanates is 2. The standard InChI is InChI=1S/C7H11N3S2.C2H7N/c1-10(2)7(3-11-5-8)4-12-6-9;1-3-2/h7H,3-4H2,1-2H3;3H,1-2H3. The molecule has 0 aliphatic rings. The Kier molecular flexibility index (Phi) is 15.4. The van der Waals surface area contributed by atoms with E-state index in [1.807, 2.05) is 43.9 Å². The normalized spacial score (nSPS) is 9.07. The van der Waals surface area contributed by atoms with E-state index in [1.54, 1.807) is 0 Å². The lowest BCUT2D eigenvalue weighted by atomic mass is 10.4. The molecule has 15 heavy (non-hydrogen) atoms. The predicted molar refractivity (Wildman–Crippen MR) is 68.6 cm³/mol. The molecule has 0 bridgehead atoms. The molecule has 4 nitrogen and oxygen atoms in total. The lowest BCUT2D eigenvalue weighted by molar-refractivity contribution is 0.345. The summed E-state index contributed by atoms with van der Waals surface area (Å²) in [4.78, 5) is 2.04. The van der Waals surface area contributed by atoms with Gasteiger partial charge in [-0.1, -0.05) is 0 Å². The van der Waals surface area contributed by atoms with Crippen LogP contribution in [0.3, 0.4) is 0 Å². The number of thioether (sulfide) groups is 2. The van der Waals surface area contributed by atoms with Crippen molar-refractivity contribution in [2.45, 2.75) is 6.04 Å². The number of hydrogen-bond acceptors (Lipinski definition) is 6. The van der Waals surface area contributed by atoms with Crippen molar-refractivity contribution in [2.75, 3.05) is 39.7 Å². The number of nitrogens with one attached hydrogen (secondary N) is 1. The monoisotopic (exact) mass is 246 g/mol. The van der Waals surface area contributed by atoms with Crippen LogP contribution < -0.4 is 5.32 Å². The van der Waals surface area contributed by atoms with Crippen molar-refractivity contribution < 1.29 is 0 Å². The zero-order chi connectivity index (χ0) is 12.1. The van der Waals surface area contributed by atoms with Crippen molar-refractivity contribution in [3.8, 4) is 10.8 Å². The van der Waals surface area contributed by atoms with Crippen LogP contribution in [0.15, 0.2) is 0 Å². The predicted octanol–water partition coefficient (Wildman–Crippen LogP) is 1.18. The second-order valence-electron chi connectivity index (χ2n) is 2.92. The molecule has 0 rings (SSSR count). The van der Waals surface area contributed by atoms with Crippen molar-refractivity contribution in [3.63, 3.8) is 0 Å². The van der Waals surface area contributed by atoms with Gasteiger partial charge in [-0.2, -0.15) is 10.5 Å². The Balaban J connectivity index is 0. The topological polar surface area (TPSA) is 62.9 Å². The minimum Gasteiger partial charge on any atom is -0.323 e. The Bertz CT molecular complexity index is 189. The summed E-state index contributed by atoms with van der Waals surface area (Å²) in [6.07, 6.45) is 0. The zero-order valence-electron chi connectivity index (χ0n) is 9.65. The lowest BCUT2D eigenvalue weighted by Gasteiger charge is -2.20. The number of hydrogen-bond donors (Lipinski definition) is 1. The summed E-state index contributed by atoms with van der Waals surface area (Å²) in [7, 11) is 7.67. The van der Waals surface area contributed by atoms with E-state index in [0.29, 0.717) is 6.04 Å². The van der Waals surface area contributed by atoms with Crippen molar-refractivity contribution in [1.82, 2.24) is 10.2 Å². The summed E-state index contributed by atoms with van der Waals surface area (Å²) in [6, 6.07) is 0.305. The summed E-state index contributed by atoms with van der Waals surface area (Å²) in [6.45, 7) is 0. The first-order chi connectivity index (χ1) is 7.13. The third-order valence-electron chi connectivity index (χ3n) is 1.41. The SMILES string of the molecule is CN(C)C(CSC#N)CSC#N.CNC. The van der Waals surface area contributed by atoms with Crippen LogP contribution in [0.25, 0.3) is 0 Å². The summed E-state index contributed by atoms with van der Waals surface area (Å²) in [5.41, 5.74) is 0. The first-order valence-corrected chi connectivity index (χ1v) is 6.37. The molecule has 0 aromatic heterocycles. The van der Waals surface area contributed by atoms with E-state index in [1.165, 1.54) is 23.5 Å². The highest BCUT2D eigenvalue weighted by Crippen LogP contribution is 2.10. The van der Waals surface area contributed by atoms with Crippen LogP contribution in [0.5, 0.6) is 0 Å². The smallest absolute Gasteiger partial charge is 0.133 e. The molecule has 1 N–H and O–H groups in total. The molecule has 0 saturated carbocycles. The van der Waals surface area contributed by atoms with E-state index in [9.17, 15) is 0 Å². The quantitative estimate of drug-likeness (QED) is 0.735. The van der Waals surface area contributed by atoms with Crippen LogP contribution in [0.4, 0.5) is 0 Å². The molecular formula is C9H18N4S2. The Morgan fingerprint density at radius 3 is 1.67 bits per heavy atom. The Morgan fingerprint density at radius 1 is 1.13 bits per heavy atom. The summed E-state index contributed by atoms with van der Waals surface area (Å²) in [5.74, 6) is 1.52. The molecule has 0 aliphatic heterocycles. The molecule has 0 heterocycles. The highest BCUT2D eigenvalue weighted by molar-refractivity contribution is 8.04. The minimum absolute atomic E-state index is 0.305. The first kappa shape index (κ1) is 17.0. The molecule has 0 radical (unpaired) electrons. The first-order valence-electron chi connectivity index (χ1n) is 4.40. The summed E-state index contributed by atoms with van der Waals surface area (Å²) < 4.78 is 0. The summed E-state index contributed by atoms with van der Waals surface area (Å²) >= 11 is 2.47. The van der Waals surface area contributed by atoms with Gasteiger partial charge in [0.1, 0.15) is 10.8 Å². The average molecular weight is 246 g/mol. The molecule has 0 atom stereocenters. The largest absolute Gasteiger partial charge is 0.323 e. The molecule has 0 fully saturated rings. The molecule has 0 saturated heterocycles. The fraction of sp³-hybridized carbons (Fsp3) is 0.778. The van der Waals surface area contributed by atoms with E-state index in [0.717, 1.165) is 11.5 Å². The second-order valence-corrected chi connectivity index (χ2v) is 4.53. The van der Waals surface area contributed by atoms with Crippen LogP contribution in [-0.4, -0.2) is 50.6 Å². The fourth-order valence-corrected chi connectivity index (χ4v) is 2.13. The van der Waals surface area contributed by atoms with Gasteiger partial charge in [-0.3, -0.25) is 0 Å². The van der Waals surface area contributed by atoms with Gasteiger partial charge in [-0.05, 0) is 51.7 Å². The molecule has 0 spiro atoms. The molecule has 0 aromatic carbocycles. The third-order valence-corrected chi connectivity index (χ3v) is 2.77. The molecule has 0 aromatic rings. The molecule has 86 valence electrons. The van der Waals surface area contributed by atoms with Gasteiger partial charge < -0.3 is 10.2 Å². The van der Waals surface area contributed by atoms with E-state index in [2.05, 4.69) is 5.32 Å². The van der Waals surface area contributed by atoms with Gasteiger partial charge in [-0.25, -0.2) is 0 Å². The molecule has 0 aliphatic carbocycles. The van der Waals surface area contributed by atoms with Crippen molar-refractivity contribution >= 4 is 23.5 Å². The van der Waals surface area contributed by atoms with Gasteiger partial charge >= 0.3 is 0 Å². The third kappa shape index (κ3) is 13.6. The number of rotatable bonds is 5. The van der Waals surface area contributed by atoms with Crippen molar-refractivity contribution in [2.24, 2.45) is 0 Å². The van der Waals surface area contributed by atoms with Gasteiger partial charge in [0.25, 0.3) is 0 Å². The summed E-state index contributed by atoms with van der Waals surface area (Å²) in [5, 5.41) is 23.5. The van der Waals surface area contributed by atoms with Crippen LogP contribution >= 0.6 is 23.5 Å². The maximum Gasteiger partial charge on any atom is 0.133 e. The molecule has 6 heteroatoms. The van der Waals surface area contributed by atoms with Crippen molar-refractivity contribution in [1.29, 1.82) is 10.5 Å². The van der Waals surface area contributed by atoms with Crippen LogP contribution in [-0.2, 0) is 0 Å². The lowest BCUT2D eigenvalue weighted by Crippen LogP contribution is -2.32. The second kappa shape index (κ2) is 13.6. The maximum atomic E-state index is 8.34. The highest BCUT2D eigenvalue weighted by Gasteiger charge is 2.10. The van der Waals surface area contributed by atoms with E-state index < -0.39 is 0 Å². The van der Waals surface area contributed by atoms with Gasteiger partial charge in [0.15, 0.2) is 0 Å². The minimum atomic E-state index is 0.305. The van der Waals surface area contributed by atoms with Gasteiger partial charge in [0, 0.05) is 17.5 Å². The van der Waals surface area contributed by atoms with Gasteiger partial charge in [0.05, 0.1) is 0 Å². The van der Waals surface area contributed by atoms with Gasteiger partial charge in [-0.15, -0.1) is 0 Å². The maximum absolute atomic E-state index is 8.34. The highest BCUT2D eigenvalue weighted by atomic mass is 32.2. The van der Waals surface area contributed by atoms with E-state index in [4.69, 9.17) is 10.5 Å². The van der Waals surface area contributed by atoms with Crippen LogP contribution in [0.1, 0.15) is 0 Å². The Labute approximate surface area is 101 Å². The van der Waals surface area contributed by atoms with Crippen molar-refractivity contribution in [3.05, 3.63) is 0 Å². The van der Waals surface area contributed by atoms with Crippen LogP contribution in [0.2, 0.25) is 0 Å². The Morgan fingerprint density at radius 2 is 1.47 bits per heavy atom. The van der Waals surface area contributed by atoms with Crippen LogP contribution in [0, 0.1) is 21.3 Å². The number of nitriles is 2. The van der Waals surface area contributed by atoms with E-state index in [-0.39, 0.29) is 0 Å². The molecular weight excluding hydrogens is 228 g/mol. The molecule has 0 unspecified atom stereocenters. The van der Waals surface area contributed by atoms with Gasteiger partial charge in [0.2, 0.25) is 0 Å². The van der Waals surface area contributed by atoms with E-state index >= 15 is 0 Å². The Hall–Kier alpha value is -0.400. The average Bonchev–Trinajstić information content (AvgIpc) is 2.19.